The molecule has 0 amide bonds. The van der Waals surface area contributed by atoms with Crippen molar-refractivity contribution < 1.29 is 9.53 Å². The number of nitrogens with two attached hydrogens (primary N) is 1. The zero-order valence-electron chi connectivity index (χ0n) is 9.47. The number of rotatable bonds is 8. The number of carbonyl (C=O) groups excluding carboxylic acids is 1. The van der Waals surface area contributed by atoms with Gasteiger partial charge in [-0.25, -0.2) is 0 Å². The number of aldehydes is 1. The molecule has 1 rings (SSSR count). The second-order valence-electron chi connectivity index (χ2n) is 3.76. The number of hydrogen-bond acceptors (Lipinski definition) is 3. The fourth-order valence-corrected chi connectivity index (χ4v) is 1.46. The van der Waals surface area contributed by atoms with Crippen molar-refractivity contribution in [1.82, 2.24) is 0 Å². The van der Waals surface area contributed by atoms with E-state index in [9.17, 15) is 4.79 Å². The van der Waals surface area contributed by atoms with Gasteiger partial charge in [0.05, 0.1) is 6.61 Å². The lowest BCUT2D eigenvalue weighted by atomic mass is 10.1. The van der Waals surface area contributed by atoms with Crippen molar-refractivity contribution in [2.45, 2.75) is 32.0 Å². The minimum absolute atomic E-state index is 0.299. The molecule has 1 aromatic rings. The molecular weight excluding hydrogens is 202 g/mol. The first-order valence-corrected chi connectivity index (χ1v) is 5.67. The third-order valence-corrected chi connectivity index (χ3v) is 2.40. The summed E-state index contributed by atoms with van der Waals surface area (Å²) in [6.07, 6.45) is 3.22. The summed E-state index contributed by atoms with van der Waals surface area (Å²) < 4.78 is 5.52. The third-order valence-electron chi connectivity index (χ3n) is 2.40. The van der Waals surface area contributed by atoms with E-state index in [1.54, 1.807) is 0 Å². The monoisotopic (exact) mass is 221 g/mol. The molecule has 0 radical (unpaired) electrons. The van der Waals surface area contributed by atoms with Gasteiger partial charge in [-0.3, -0.25) is 0 Å². The minimum atomic E-state index is -0.299. The average Bonchev–Trinajstić information content (AvgIpc) is 2.35. The van der Waals surface area contributed by atoms with Crippen LogP contribution < -0.4 is 5.73 Å². The van der Waals surface area contributed by atoms with E-state index in [0.29, 0.717) is 13.2 Å². The van der Waals surface area contributed by atoms with Gasteiger partial charge in [0.1, 0.15) is 12.4 Å². The first-order chi connectivity index (χ1) is 7.86. The predicted octanol–water partition coefficient (Wildman–Crippen LogP) is 1.90. The molecule has 0 aliphatic rings. The average molecular weight is 221 g/mol. The molecule has 1 aromatic carbocycles. The van der Waals surface area contributed by atoms with Gasteiger partial charge in [0.15, 0.2) is 0 Å². The molecule has 0 saturated heterocycles. The highest BCUT2D eigenvalue weighted by atomic mass is 16.5. The molecule has 1 unspecified atom stereocenters. The van der Waals surface area contributed by atoms with Gasteiger partial charge in [0, 0.05) is 0 Å². The van der Waals surface area contributed by atoms with Gasteiger partial charge in [0.25, 0.3) is 0 Å². The largest absolute Gasteiger partial charge is 0.366 e. The molecule has 88 valence electrons. The van der Waals surface area contributed by atoms with Crippen LogP contribution in [0.4, 0.5) is 0 Å². The van der Waals surface area contributed by atoms with Gasteiger partial charge in [-0.05, 0) is 31.4 Å². The topological polar surface area (TPSA) is 52.3 Å². The smallest absolute Gasteiger partial charge is 0.148 e. The number of hydrogen-bond donors (Lipinski definition) is 1. The Morgan fingerprint density at radius 3 is 2.62 bits per heavy atom. The Labute approximate surface area is 96.6 Å². The number of unbranched alkanes of at least 4 members (excludes halogenated alkanes) is 1. The normalized spacial score (nSPS) is 12.3. The summed E-state index contributed by atoms with van der Waals surface area (Å²) >= 11 is 0. The van der Waals surface area contributed by atoms with Crippen molar-refractivity contribution in [2.75, 3.05) is 6.54 Å². The van der Waals surface area contributed by atoms with E-state index in [2.05, 4.69) is 0 Å². The molecule has 0 aliphatic heterocycles. The molecule has 3 heteroatoms. The Morgan fingerprint density at radius 2 is 2.00 bits per heavy atom. The number of benzene rings is 1. The van der Waals surface area contributed by atoms with E-state index in [0.717, 1.165) is 31.1 Å². The van der Waals surface area contributed by atoms with Crippen molar-refractivity contribution in [2.24, 2.45) is 5.73 Å². The van der Waals surface area contributed by atoms with Crippen LogP contribution in [0.3, 0.4) is 0 Å². The van der Waals surface area contributed by atoms with Crippen LogP contribution in [0.2, 0.25) is 0 Å². The quantitative estimate of drug-likeness (QED) is 0.539. The molecule has 0 aromatic heterocycles. The fraction of sp³-hybridized carbons (Fsp3) is 0.462. The van der Waals surface area contributed by atoms with Crippen molar-refractivity contribution in [3.63, 3.8) is 0 Å². The van der Waals surface area contributed by atoms with Gasteiger partial charge in [0.2, 0.25) is 0 Å². The molecule has 0 fully saturated rings. The Kier molecular flexibility index (Phi) is 6.45. The van der Waals surface area contributed by atoms with E-state index >= 15 is 0 Å². The lowest BCUT2D eigenvalue weighted by Crippen LogP contribution is -2.15. The maximum absolute atomic E-state index is 10.8. The van der Waals surface area contributed by atoms with Crippen LogP contribution in [0.25, 0.3) is 0 Å². The van der Waals surface area contributed by atoms with E-state index < -0.39 is 0 Å². The lowest BCUT2D eigenvalue weighted by Gasteiger charge is -2.11. The predicted molar refractivity (Wildman–Crippen MR) is 64.0 cm³/mol. The van der Waals surface area contributed by atoms with Crippen molar-refractivity contribution >= 4 is 6.29 Å². The fourth-order valence-electron chi connectivity index (χ4n) is 1.46. The molecule has 0 spiro atoms. The van der Waals surface area contributed by atoms with E-state index in [1.807, 2.05) is 30.3 Å². The van der Waals surface area contributed by atoms with E-state index in [-0.39, 0.29) is 6.10 Å². The molecule has 1 atom stereocenters. The van der Waals surface area contributed by atoms with Crippen LogP contribution in [0.1, 0.15) is 24.8 Å². The molecule has 3 nitrogen and oxygen atoms in total. The highest BCUT2D eigenvalue weighted by Crippen LogP contribution is 2.07. The molecular formula is C13H19NO2. The zero-order valence-corrected chi connectivity index (χ0v) is 9.47. The summed E-state index contributed by atoms with van der Waals surface area (Å²) in [5.41, 5.74) is 6.48. The minimum Gasteiger partial charge on any atom is -0.366 e. The highest BCUT2D eigenvalue weighted by molar-refractivity contribution is 5.55. The van der Waals surface area contributed by atoms with Crippen LogP contribution >= 0.6 is 0 Å². The molecule has 0 saturated carbocycles. The molecule has 0 heterocycles. The summed E-state index contributed by atoms with van der Waals surface area (Å²) in [4.78, 5) is 10.8. The maximum atomic E-state index is 10.8. The Hall–Kier alpha value is -1.19. The van der Waals surface area contributed by atoms with Crippen LogP contribution in [-0.2, 0) is 16.1 Å². The summed E-state index contributed by atoms with van der Waals surface area (Å²) in [6.45, 7) is 1.16. The van der Waals surface area contributed by atoms with Gasteiger partial charge in [-0.1, -0.05) is 30.3 Å². The first kappa shape index (κ1) is 12.9. The van der Waals surface area contributed by atoms with Crippen LogP contribution in [0, 0.1) is 0 Å². The molecule has 2 N–H and O–H groups in total. The summed E-state index contributed by atoms with van der Waals surface area (Å²) in [5, 5.41) is 0. The van der Waals surface area contributed by atoms with Crippen molar-refractivity contribution in [3.8, 4) is 0 Å². The van der Waals surface area contributed by atoms with Gasteiger partial charge in [-0.2, -0.15) is 0 Å². The maximum Gasteiger partial charge on any atom is 0.148 e. The van der Waals surface area contributed by atoms with Gasteiger partial charge < -0.3 is 15.3 Å². The lowest BCUT2D eigenvalue weighted by molar-refractivity contribution is -0.119. The highest BCUT2D eigenvalue weighted by Gasteiger charge is 2.06. The summed E-state index contributed by atoms with van der Waals surface area (Å²) in [7, 11) is 0. The Bertz CT molecular complexity index is 287. The molecule has 0 bridgehead atoms. The van der Waals surface area contributed by atoms with Crippen LogP contribution in [-0.4, -0.2) is 18.9 Å². The number of ether oxygens (including phenoxy) is 1. The second-order valence-corrected chi connectivity index (χ2v) is 3.76. The number of carbonyl (C=O) groups is 1. The summed E-state index contributed by atoms with van der Waals surface area (Å²) in [6, 6.07) is 9.86. The van der Waals surface area contributed by atoms with Crippen molar-refractivity contribution in [3.05, 3.63) is 35.9 Å². The Balaban J connectivity index is 2.26. The summed E-state index contributed by atoms with van der Waals surface area (Å²) in [5.74, 6) is 0. The molecule has 16 heavy (non-hydrogen) atoms. The molecule has 0 aliphatic carbocycles. The Morgan fingerprint density at radius 1 is 1.25 bits per heavy atom. The van der Waals surface area contributed by atoms with E-state index in [1.165, 1.54) is 0 Å². The SMILES string of the molecule is NCCCCC(C=O)OCc1ccccc1. The van der Waals surface area contributed by atoms with E-state index in [4.69, 9.17) is 10.5 Å². The van der Waals surface area contributed by atoms with Gasteiger partial charge >= 0.3 is 0 Å². The van der Waals surface area contributed by atoms with Crippen molar-refractivity contribution in [1.29, 1.82) is 0 Å². The third kappa shape index (κ3) is 5.05. The first-order valence-electron chi connectivity index (χ1n) is 5.67. The van der Waals surface area contributed by atoms with Crippen LogP contribution in [0.5, 0.6) is 0 Å². The second kappa shape index (κ2) is 8.02. The van der Waals surface area contributed by atoms with Gasteiger partial charge in [-0.15, -0.1) is 0 Å². The van der Waals surface area contributed by atoms with Crippen LogP contribution in [0.15, 0.2) is 30.3 Å². The zero-order chi connectivity index (χ0) is 11.6. The standard InChI is InChI=1S/C13H19NO2/c14-9-5-4-8-13(10-15)16-11-12-6-2-1-3-7-12/h1-3,6-7,10,13H,4-5,8-9,11,14H2.